The van der Waals surface area contributed by atoms with Gasteiger partial charge in [0, 0.05) is 6.54 Å². The van der Waals surface area contributed by atoms with Gasteiger partial charge in [-0.05, 0) is 39.3 Å². The van der Waals surface area contributed by atoms with Gasteiger partial charge < -0.3 is 10.0 Å². The first-order valence-electron chi connectivity index (χ1n) is 5.68. The summed E-state index contributed by atoms with van der Waals surface area (Å²) in [5, 5.41) is 10.2. The molecule has 1 N–H and O–H groups in total. The monoisotopic (exact) mass is 197 g/mol. The third kappa shape index (κ3) is 3.81. The minimum absolute atomic E-state index is 0.386. The average molecular weight is 197 g/mol. The molecular weight excluding hydrogens is 174 g/mol. The first kappa shape index (κ1) is 11.7. The molecule has 1 saturated carbocycles. The van der Waals surface area contributed by atoms with E-state index >= 15 is 0 Å². The van der Waals surface area contributed by atoms with Crippen LogP contribution in [0, 0.1) is 0 Å². The Kier molecular flexibility index (Phi) is 4.63. The first-order chi connectivity index (χ1) is 6.66. The van der Waals surface area contributed by atoms with Crippen molar-refractivity contribution < 1.29 is 5.11 Å². The van der Waals surface area contributed by atoms with Crippen molar-refractivity contribution in [3.05, 3.63) is 12.7 Å². The highest BCUT2D eigenvalue weighted by Gasteiger charge is 2.31. The Morgan fingerprint density at radius 3 is 2.64 bits per heavy atom. The van der Waals surface area contributed by atoms with Crippen LogP contribution >= 0.6 is 0 Å². The van der Waals surface area contributed by atoms with Crippen LogP contribution in [-0.4, -0.2) is 35.7 Å². The van der Waals surface area contributed by atoms with Gasteiger partial charge in [0.1, 0.15) is 0 Å². The number of nitrogens with zero attached hydrogens (tertiary/aromatic N) is 1. The number of aliphatic hydroxyl groups is 1. The molecule has 2 heteroatoms. The molecule has 82 valence electrons. The average Bonchev–Trinajstić information content (AvgIpc) is 2.52. The van der Waals surface area contributed by atoms with Crippen LogP contribution in [0.3, 0.4) is 0 Å². The third-order valence-electron chi connectivity index (χ3n) is 3.05. The third-order valence-corrected chi connectivity index (χ3v) is 3.05. The smallest absolute Gasteiger partial charge is 0.0774 e. The van der Waals surface area contributed by atoms with Crippen LogP contribution in [0.4, 0.5) is 0 Å². The molecule has 0 unspecified atom stereocenters. The lowest BCUT2D eigenvalue weighted by Gasteiger charge is -2.28. The number of hydrogen-bond donors (Lipinski definition) is 1. The van der Waals surface area contributed by atoms with Crippen molar-refractivity contribution in [2.45, 2.75) is 44.1 Å². The Hall–Kier alpha value is -0.340. The van der Waals surface area contributed by atoms with Crippen molar-refractivity contribution in [1.82, 2.24) is 4.90 Å². The van der Waals surface area contributed by atoms with Crippen LogP contribution in [0.5, 0.6) is 0 Å². The molecule has 1 aliphatic rings. The largest absolute Gasteiger partial charge is 0.389 e. The number of allylic oxidation sites excluding steroid dienone is 1. The molecule has 1 fully saturated rings. The number of hydrogen-bond acceptors (Lipinski definition) is 2. The fourth-order valence-corrected chi connectivity index (χ4v) is 2.28. The van der Waals surface area contributed by atoms with Gasteiger partial charge in [0.2, 0.25) is 0 Å². The van der Waals surface area contributed by atoms with Crippen LogP contribution in [0.2, 0.25) is 0 Å². The van der Waals surface area contributed by atoms with E-state index in [1.807, 2.05) is 6.08 Å². The van der Waals surface area contributed by atoms with E-state index in [-0.39, 0.29) is 5.60 Å². The van der Waals surface area contributed by atoms with Crippen LogP contribution in [-0.2, 0) is 0 Å². The fraction of sp³-hybridized carbons (Fsp3) is 0.833. The standard InChI is InChI=1S/C12H23NO/c1-3-4-7-10-13(2)11-12(14)8-5-6-9-12/h3,14H,1,4-11H2,2H3. The van der Waals surface area contributed by atoms with E-state index in [1.54, 1.807) is 0 Å². The molecule has 2 nitrogen and oxygen atoms in total. The van der Waals surface area contributed by atoms with Gasteiger partial charge in [-0.2, -0.15) is 0 Å². The zero-order chi connectivity index (χ0) is 10.4. The highest BCUT2D eigenvalue weighted by Crippen LogP contribution is 2.29. The van der Waals surface area contributed by atoms with Crippen molar-refractivity contribution in [3.8, 4) is 0 Å². The lowest BCUT2D eigenvalue weighted by atomic mass is 10.0. The Balaban J connectivity index is 2.18. The SMILES string of the molecule is C=CCCCN(C)CC1(O)CCCC1. The minimum atomic E-state index is -0.386. The van der Waals surface area contributed by atoms with Crippen LogP contribution in [0.15, 0.2) is 12.7 Å². The quantitative estimate of drug-likeness (QED) is 0.521. The molecule has 14 heavy (non-hydrogen) atoms. The molecule has 0 heterocycles. The van der Waals surface area contributed by atoms with E-state index in [1.165, 1.54) is 12.8 Å². The molecule has 0 aliphatic heterocycles. The van der Waals surface area contributed by atoms with E-state index in [0.717, 1.165) is 38.8 Å². The number of likely N-dealkylation sites (N-methyl/N-ethyl adjacent to an activating group) is 1. The summed E-state index contributed by atoms with van der Waals surface area (Å²) >= 11 is 0. The van der Waals surface area contributed by atoms with Gasteiger partial charge in [0.25, 0.3) is 0 Å². The summed E-state index contributed by atoms with van der Waals surface area (Å²) in [6.45, 7) is 5.61. The summed E-state index contributed by atoms with van der Waals surface area (Å²) < 4.78 is 0. The molecule has 1 rings (SSSR count). The Bertz CT molecular complexity index is 173. The lowest BCUT2D eigenvalue weighted by molar-refractivity contribution is 0.0163. The van der Waals surface area contributed by atoms with Gasteiger partial charge in [-0.3, -0.25) is 0 Å². The van der Waals surface area contributed by atoms with E-state index in [9.17, 15) is 5.11 Å². The Morgan fingerprint density at radius 2 is 2.07 bits per heavy atom. The maximum Gasteiger partial charge on any atom is 0.0774 e. The van der Waals surface area contributed by atoms with E-state index in [4.69, 9.17) is 0 Å². The lowest BCUT2D eigenvalue weighted by Crippen LogP contribution is -2.39. The summed E-state index contributed by atoms with van der Waals surface area (Å²) in [6.07, 6.45) is 8.53. The van der Waals surface area contributed by atoms with Crippen molar-refractivity contribution in [1.29, 1.82) is 0 Å². The topological polar surface area (TPSA) is 23.5 Å². The number of unbranched alkanes of at least 4 members (excludes halogenated alkanes) is 1. The van der Waals surface area contributed by atoms with Gasteiger partial charge in [0.15, 0.2) is 0 Å². The predicted octanol–water partition coefficient (Wildman–Crippen LogP) is 2.19. The zero-order valence-electron chi connectivity index (χ0n) is 9.34. The van der Waals surface area contributed by atoms with Crippen molar-refractivity contribution >= 4 is 0 Å². The Labute approximate surface area is 87.6 Å². The van der Waals surface area contributed by atoms with Crippen LogP contribution in [0.25, 0.3) is 0 Å². The van der Waals surface area contributed by atoms with Crippen LogP contribution < -0.4 is 0 Å². The molecular formula is C12H23NO. The minimum Gasteiger partial charge on any atom is -0.389 e. The predicted molar refractivity (Wildman–Crippen MR) is 60.3 cm³/mol. The molecule has 0 radical (unpaired) electrons. The second kappa shape index (κ2) is 5.52. The molecule has 0 saturated heterocycles. The molecule has 0 aromatic rings. The van der Waals surface area contributed by atoms with Crippen molar-refractivity contribution in [2.75, 3.05) is 20.1 Å². The second-order valence-electron chi connectivity index (χ2n) is 4.60. The zero-order valence-corrected chi connectivity index (χ0v) is 9.34. The van der Waals surface area contributed by atoms with E-state index in [2.05, 4.69) is 18.5 Å². The maximum absolute atomic E-state index is 10.2. The summed E-state index contributed by atoms with van der Waals surface area (Å²) in [4.78, 5) is 2.24. The molecule has 1 aliphatic carbocycles. The van der Waals surface area contributed by atoms with Crippen molar-refractivity contribution in [2.24, 2.45) is 0 Å². The second-order valence-corrected chi connectivity index (χ2v) is 4.60. The van der Waals surface area contributed by atoms with E-state index in [0.29, 0.717) is 0 Å². The van der Waals surface area contributed by atoms with Crippen LogP contribution in [0.1, 0.15) is 38.5 Å². The molecule has 0 aromatic heterocycles. The molecule has 0 atom stereocenters. The molecule has 0 bridgehead atoms. The number of rotatable bonds is 6. The highest BCUT2D eigenvalue weighted by molar-refractivity contribution is 4.86. The Morgan fingerprint density at radius 1 is 1.43 bits per heavy atom. The summed E-state index contributed by atoms with van der Waals surface area (Å²) in [6, 6.07) is 0. The van der Waals surface area contributed by atoms with Gasteiger partial charge in [-0.1, -0.05) is 18.9 Å². The molecule has 0 amide bonds. The summed E-state index contributed by atoms with van der Waals surface area (Å²) in [5.41, 5.74) is -0.386. The van der Waals surface area contributed by atoms with Gasteiger partial charge >= 0.3 is 0 Å². The van der Waals surface area contributed by atoms with Gasteiger partial charge in [0.05, 0.1) is 5.60 Å². The first-order valence-corrected chi connectivity index (χ1v) is 5.68. The fourth-order valence-electron chi connectivity index (χ4n) is 2.28. The van der Waals surface area contributed by atoms with Crippen molar-refractivity contribution in [3.63, 3.8) is 0 Å². The summed E-state index contributed by atoms with van der Waals surface area (Å²) in [5.74, 6) is 0. The summed E-state index contributed by atoms with van der Waals surface area (Å²) in [7, 11) is 2.10. The van der Waals surface area contributed by atoms with Gasteiger partial charge in [-0.25, -0.2) is 0 Å². The molecule has 0 aromatic carbocycles. The molecule has 0 spiro atoms. The maximum atomic E-state index is 10.2. The van der Waals surface area contributed by atoms with Gasteiger partial charge in [-0.15, -0.1) is 6.58 Å². The van der Waals surface area contributed by atoms with E-state index < -0.39 is 0 Å². The normalized spacial score (nSPS) is 20.2. The highest BCUT2D eigenvalue weighted by atomic mass is 16.3.